The molecule has 1 atom stereocenters. The second-order valence-electron chi connectivity index (χ2n) is 3.60. The maximum Gasteiger partial charge on any atom is 0.0209 e. The Morgan fingerprint density at radius 1 is 1.38 bits per heavy atom. The first-order chi connectivity index (χ1) is 6.06. The summed E-state index contributed by atoms with van der Waals surface area (Å²) in [6.07, 6.45) is 0. The molecule has 1 aromatic carbocycles. The fraction of sp³-hybridized carbons (Fsp3) is 0.455. The first-order valence-corrected chi connectivity index (χ1v) is 5.32. The van der Waals surface area contributed by atoms with Crippen LogP contribution in [0.15, 0.2) is 16.6 Å². The molecule has 2 heteroatoms. The van der Waals surface area contributed by atoms with Crippen LogP contribution in [0.2, 0.25) is 0 Å². The second-order valence-corrected chi connectivity index (χ2v) is 4.45. The zero-order valence-corrected chi connectivity index (χ0v) is 9.98. The highest BCUT2D eigenvalue weighted by molar-refractivity contribution is 9.10. The predicted molar refractivity (Wildman–Crippen MR) is 61.1 cm³/mol. The van der Waals surface area contributed by atoms with Crippen LogP contribution in [0, 0.1) is 13.8 Å². The Balaban J connectivity index is 3.20. The van der Waals surface area contributed by atoms with Gasteiger partial charge < -0.3 is 5.73 Å². The van der Waals surface area contributed by atoms with Gasteiger partial charge in [-0.2, -0.15) is 0 Å². The van der Waals surface area contributed by atoms with Gasteiger partial charge in [-0.05, 0) is 49.1 Å². The van der Waals surface area contributed by atoms with Crippen molar-refractivity contribution in [3.05, 3.63) is 33.3 Å². The molecule has 0 radical (unpaired) electrons. The molecule has 0 bridgehead atoms. The van der Waals surface area contributed by atoms with E-state index in [0.717, 1.165) is 0 Å². The Bertz CT molecular complexity index is 307. The van der Waals surface area contributed by atoms with Crippen LogP contribution in [0.3, 0.4) is 0 Å². The predicted octanol–water partition coefficient (Wildman–Crippen LogP) is 3.13. The molecule has 1 unspecified atom stereocenters. The third-order valence-electron chi connectivity index (χ3n) is 2.41. The van der Waals surface area contributed by atoms with Crippen molar-refractivity contribution < 1.29 is 0 Å². The summed E-state index contributed by atoms with van der Waals surface area (Å²) in [5.74, 6) is 0.441. The topological polar surface area (TPSA) is 26.0 Å². The van der Waals surface area contributed by atoms with Crippen molar-refractivity contribution in [3.8, 4) is 0 Å². The van der Waals surface area contributed by atoms with Crippen molar-refractivity contribution in [3.63, 3.8) is 0 Å². The minimum atomic E-state index is 0.441. The normalized spacial score (nSPS) is 13.0. The number of halogens is 1. The SMILES string of the molecule is Cc1cc(Br)c(C)c(C(C)CN)c1. The van der Waals surface area contributed by atoms with E-state index in [1.807, 2.05) is 0 Å². The molecular weight excluding hydrogens is 226 g/mol. The Labute approximate surface area is 88.5 Å². The van der Waals surface area contributed by atoms with Gasteiger partial charge in [0, 0.05) is 4.47 Å². The first kappa shape index (κ1) is 10.7. The van der Waals surface area contributed by atoms with Crippen molar-refractivity contribution in [2.75, 3.05) is 6.54 Å². The van der Waals surface area contributed by atoms with Gasteiger partial charge >= 0.3 is 0 Å². The van der Waals surface area contributed by atoms with Gasteiger partial charge in [0.05, 0.1) is 0 Å². The molecule has 0 fully saturated rings. The molecule has 0 amide bonds. The molecule has 1 aromatic rings. The van der Waals surface area contributed by atoms with Gasteiger partial charge in [0.2, 0.25) is 0 Å². The van der Waals surface area contributed by atoms with E-state index in [-0.39, 0.29) is 0 Å². The zero-order valence-electron chi connectivity index (χ0n) is 8.39. The molecule has 1 nitrogen and oxygen atoms in total. The highest BCUT2D eigenvalue weighted by Gasteiger charge is 2.09. The van der Waals surface area contributed by atoms with Gasteiger partial charge in [-0.3, -0.25) is 0 Å². The summed E-state index contributed by atoms with van der Waals surface area (Å²) in [5.41, 5.74) is 9.61. The van der Waals surface area contributed by atoms with Crippen LogP contribution in [-0.2, 0) is 0 Å². The van der Waals surface area contributed by atoms with Crippen molar-refractivity contribution >= 4 is 15.9 Å². The molecule has 0 heterocycles. The van der Waals surface area contributed by atoms with Crippen molar-refractivity contribution in [2.45, 2.75) is 26.7 Å². The van der Waals surface area contributed by atoms with Crippen molar-refractivity contribution in [1.82, 2.24) is 0 Å². The molecule has 0 aromatic heterocycles. The van der Waals surface area contributed by atoms with Gasteiger partial charge in [-0.15, -0.1) is 0 Å². The molecule has 0 aliphatic heterocycles. The fourth-order valence-corrected chi connectivity index (χ4v) is 2.07. The Hall–Kier alpha value is -0.340. The zero-order chi connectivity index (χ0) is 10.0. The number of benzene rings is 1. The molecule has 0 aliphatic rings. The Morgan fingerprint density at radius 3 is 2.54 bits per heavy atom. The molecule has 0 saturated heterocycles. The average Bonchev–Trinajstić information content (AvgIpc) is 2.10. The summed E-state index contributed by atoms with van der Waals surface area (Å²) in [6, 6.07) is 4.36. The quantitative estimate of drug-likeness (QED) is 0.847. The summed E-state index contributed by atoms with van der Waals surface area (Å²) < 4.78 is 1.18. The van der Waals surface area contributed by atoms with Crippen LogP contribution in [-0.4, -0.2) is 6.54 Å². The third-order valence-corrected chi connectivity index (χ3v) is 3.24. The monoisotopic (exact) mass is 241 g/mol. The lowest BCUT2D eigenvalue weighted by molar-refractivity contribution is 0.766. The molecule has 72 valence electrons. The molecular formula is C11H16BrN. The van der Waals surface area contributed by atoms with Gasteiger partial charge in [-0.1, -0.05) is 28.9 Å². The molecule has 13 heavy (non-hydrogen) atoms. The summed E-state index contributed by atoms with van der Waals surface area (Å²) in [4.78, 5) is 0. The lowest BCUT2D eigenvalue weighted by atomic mass is 9.95. The summed E-state index contributed by atoms with van der Waals surface area (Å²) in [7, 11) is 0. The number of rotatable bonds is 2. The van der Waals surface area contributed by atoms with Crippen molar-refractivity contribution in [1.29, 1.82) is 0 Å². The van der Waals surface area contributed by atoms with Crippen LogP contribution in [0.25, 0.3) is 0 Å². The van der Waals surface area contributed by atoms with Gasteiger partial charge in [0.25, 0.3) is 0 Å². The summed E-state index contributed by atoms with van der Waals surface area (Å²) >= 11 is 3.55. The first-order valence-electron chi connectivity index (χ1n) is 4.53. The van der Waals surface area contributed by atoms with E-state index in [1.165, 1.54) is 21.2 Å². The van der Waals surface area contributed by atoms with Crippen LogP contribution in [0.5, 0.6) is 0 Å². The molecule has 0 aliphatic carbocycles. The number of hydrogen-bond donors (Lipinski definition) is 1. The minimum Gasteiger partial charge on any atom is -0.330 e. The fourth-order valence-electron chi connectivity index (χ4n) is 1.48. The standard InChI is InChI=1S/C11H16BrN/c1-7-4-10(8(2)6-13)9(3)11(12)5-7/h4-5,8H,6,13H2,1-3H3. The highest BCUT2D eigenvalue weighted by atomic mass is 79.9. The maximum absolute atomic E-state index is 5.66. The molecule has 2 N–H and O–H groups in total. The van der Waals surface area contributed by atoms with E-state index in [0.29, 0.717) is 12.5 Å². The number of hydrogen-bond acceptors (Lipinski definition) is 1. The Kier molecular flexibility index (Phi) is 3.51. The van der Waals surface area contributed by atoms with Gasteiger partial charge in [-0.25, -0.2) is 0 Å². The largest absolute Gasteiger partial charge is 0.330 e. The van der Waals surface area contributed by atoms with E-state index in [2.05, 4.69) is 48.8 Å². The van der Waals surface area contributed by atoms with Crippen LogP contribution in [0.4, 0.5) is 0 Å². The summed E-state index contributed by atoms with van der Waals surface area (Å²) in [5, 5.41) is 0. The smallest absolute Gasteiger partial charge is 0.0209 e. The van der Waals surface area contributed by atoms with Crippen molar-refractivity contribution in [2.24, 2.45) is 5.73 Å². The van der Waals surface area contributed by atoms with E-state index in [1.54, 1.807) is 0 Å². The minimum absolute atomic E-state index is 0.441. The molecule has 1 rings (SSSR count). The molecule has 0 spiro atoms. The summed E-state index contributed by atoms with van der Waals surface area (Å²) in [6.45, 7) is 7.10. The van der Waals surface area contributed by atoms with E-state index in [9.17, 15) is 0 Å². The van der Waals surface area contributed by atoms with Crippen LogP contribution < -0.4 is 5.73 Å². The van der Waals surface area contributed by atoms with Crippen LogP contribution in [0.1, 0.15) is 29.5 Å². The maximum atomic E-state index is 5.66. The number of nitrogens with two attached hydrogens (primary N) is 1. The van der Waals surface area contributed by atoms with E-state index < -0.39 is 0 Å². The Morgan fingerprint density at radius 2 is 2.00 bits per heavy atom. The highest BCUT2D eigenvalue weighted by Crippen LogP contribution is 2.26. The van der Waals surface area contributed by atoms with Crippen LogP contribution >= 0.6 is 15.9 Å². The van der Waals surface area contributed by atoms with E-state index >= 15 is 0 Å². The molecule has 0 saturated carbocycles. The lowest BCUT2D eigenvalue weighted by Crippen LogP contribution is -2.10. The number of aryl methyl sites for hydroxylation is 1. The van der Waals surface area contributed by atoms with Gasteiger partial charge in [0.1, 0.15) is 0 Å². The van der Waals surface area contributed by atoms with Gasteiger partial charge in [0.15, 0.2) is 0 Å². The lowest BCUT2D eigenvalue weighted by Gasteiger charge is -2.14. The average molecular weight is 242 g/mol. The third kappa shape index (κ3) is 2.32. The van der Waals surface area contributed by atoms with E-state index in [4.69, 9.17) is 5.73 Å². The second kappa shape index (κ2) is 4.25.